The molecule has 0 radical (unpaired) electrons. The Bertz CT molecular complexity index is 749. The van der Waals surface area contributed by atoms with Crippen LogP contribution in [0, 0.1) is 23.4 Å². The van der Waals surface area contributed by atoms with E-state index in [0.717, 1.165) is 36.0 Å². The van der Waals surface area contributed by atoms with Crippen LogP contribution in [0.1, 0.15) is 48.1 Å². The van der Waals surface area contributed by atoms with Gasteiger partial charge in [0.1, 0.15) is 5.82 Å². The fourth-order valence-corrected chi connectivity index (χ4v) is 3.67. The molecule has 24 heavy (non-hydrogen) atoms. The van der Waals surface area contributed by atoms with Gasteiger partial charge in [0, 0.05) is 0 Å². The second kappa shape index (κ2) is 7.00. The molecule has 1 unspecified atom stereocenters. The molecule has 1 aliphatic rings. The summed E-state index contributed by atoms with van der Waals surface area (Å²) in [6.45, 7) is 4.06. The lowest BCUT2D eigenvalue weighted by molar-refractivity contribution is 0.488. The van der Waals surface area contributed by atoms with E-state index in [2.05, 4.69) is 6.92 Å². The lowest BCUT2D eigenvalue weighted by Gasteiger charge is -2.10. The molecular formula is C21H23F3. The summed E-state index contributed by atoms with van der Waals surface area (Å²) in [7, 11) is 0. The predicted octanol–water partition coefficient (Wildman–Crippen LogP) is 5.58. The maximum atomic E-state index is 14.2. The van der Waals surface area contributed by atoms with Gasteiger partial charge in [-0.05, 0) is 71.9 Å². The third-order valence-corrected chi connectivity index (χ3v) is 4.91. The summed E-state index contributed by atoms with van der Waals surface area (Å²) in [5.41, 5.74) is 3.55. The number of hydrogen-bond donors (Lipinski definition) is 0. The van der Waals surface area contributed by atoms with Crippen molar-refractivity contribution in [2.24, 2.45) is 5.92 Å². The topological polar surface area (TPSA) is 0 Å². The molecule has 128 valence electrons. The van der Waals surface area contributed by atoms with Crippen LogP contribution < -0.4 is 0 Å². The predicted molar refractivity (Wildman–Crippen MR) is 90.7 cm³/mol. The quantitative estimate of drug-likeness (QED) is 0.671. The van der Waals surface area contributed by atoms with E-state index >= 15 is 0 Å². The Hall–Kier alpha value is -1.77. The molecule has 1 atom stereocenters. The van der Waals surface area contributed by atoms with E-state index in [1.807, 2.05) is 13.0 Å². The summed E-state index contributed by atoms with van der Waals surface area (Å²) in [6.07, 6.45) is 3.90. The zero-order valence-electron chi connectivity index (χ0n) is 14.3. The molecule has 1 aliphatic carbocycles. The SMILES string of the molecule is CCCc1ccc(CCc2cc(F)c3c(c2)CC(C)C3)c(F)c1F. The van der Waals surface area contributed by atoms with E-state index in [9.17, 15) is 13.2 Å². The monoisotopic (exact) mass is 332 g/mol. The van der Waals surface area contributed by atoms with Crippen LogP contribution in [0.25, 0.3) is 0 Å². The number of halogens is 3. The number of hydrogen-bond acceptors (Lipinski definition) is 0. The van der Waals surface area contributed by atoms with Crippen LogP contribution >= 0.6 is 0 Å². The molecule has 0 heterocycles. The van der Waals surface area contributed by atoms with Gasteiger partial charge < -0.3 is 0 Å². The third kappa shape index (κ3) is 3.35. The fourth-order valence-electron chi connectivity index (χ4n) is 3.67. The van der Waals surface area contributed by atoms with Gasteiger partial charge in [0.05, 0.1) is 0 Å². The zero-order valence-corrected chi connectivity index (χ0v) is 14.3. The van der Waals surface area contributed by atoms with E-state index in [1.54, 1.807) is 18.2 Å². The van der Waals surface area contributed by atoms with Gasteiger partial charge in [0.15, 0.2) is 11.6 Å². The number of benzene rings is 2. The molecule has 2 aromatic rings. The number of fused-ring (bicyclic) bond motifs is 1. The van der Waals surface area contributed by atoms with Gasteiger partial charge >= 0.3 is 0 Å². The van der Waals surface area contributed by atoms with E-state index in [4.69, 9.17) is 0 Å². The Morgan fingerprint density at radius 2 is 1.58 bits per heavy atom. The standard InChI is InChI=1S/C21H23F3/c1-3-4-15-7-8-16(21(24)20(15)23)6-5-14-11-17-9-13(2)10-18(17)19(22)12-14/h7-8,11-13H,3-6,9-10H2,1-2H3. The first kappa shape index (κ1) is 17.1. The van der Waals surface area contributed by atoms with Crippen molar-refractivity contribution in [1.82, 2.24) is 0 Å². The molecule has 0 amide bonds. The highest BCUT2D eigenvalue weighted by Crippen LogP contribution is 2.30. The molecular weight excluding hydrogens is 309 g/mol. The minimum atomic E-state index is -0.754. The number of rotatable bonds is 5. The average Bonchev–Trinajstić information content (AvgIpc) is 2.92. The van der Waals surface area contributed by atoms with Gasteiger partial charge in [-0.25, -0.2) is 13.2 Å². The van der Waals surface area contributed by atoms with Crippen molar-refractivity contribution >= 4 is 0 Å². The summed E-state index contributed by atoms with van der Waals surface area (Å²) in [5.74, 6) is -1.17. The molecule has 3 heteroatoms. The molecule has 0 saturated heterocycles. The summed E-state index contributed by atoms with van der Waals surface area (Å²) >= 11 is 0. The summed E-state index contributed by atoms with van der Waals surface area (Å²) in [5, 5.41) is 0. The first-order valence-corrected chi connectivity index (χ1v) is 8.75. The smallest absolute Gasteiger partial charge is 0.162 e. The van der Waals surface area contributed by atoms with Crippen LogP contribution in [0.3, 0.4) is 0 Å². The molecule has 0 aromatic heterocycles. The third-order valence-electron chi connectivity index (χ3n) is 4.91. The minimum absolute atomic E-state index is 0.156. The highest BCUT2D eigenvalue weighted by atomic mass is 19.2. The van der Waals surface area contributed by atoms with Gasteiger partial charge in [-0.3, -0.25) is 0 Å². The molecule has 0 N–H and O–H groups in total. The molecule has 0 bridgehead atoms. The van der Waals surface area contributed by atoms with Gasteiger partial charge in [-0.15, -0.1) is 0 Å². The van der Waals surface area contributed by atoms with Crippen LogP contribution in [0.15, 0.2) is 24.3 Å². The summed E-state index contributed by atoms with van der Waals surface area (Å²) in [4.78, 5) is 0. The molecule has 2 aromatic carbocycles. The van der Waals surface area contributed by atoms with Gasteiger partial charge in [0.2, 0.25) is 0 Å². The molecule has 0 spiro atoms. The second-order valence-corrected chi connectivity index (χ2v) is 6.99. The van der Waals surface area contributed by atoms with Crippen molar-refractivity contribution in [3.63, 3.8) is 0 Å². The molecule has 0 nitrogen and oxygen atoms in total. The van der Waals surface area contributed by atoms with Crippen LogP contribution in [0.2, 0.25) is 0 Å². The van der Waals surface area contributed by atoms with Crippen molar-refractivity contribution in [2.75, 3.05) is 0 Å². The maximum Gasteiger partial charge on any atom is 0.162 e. The van der Waals surface area contributed by atoms with E-state index in [-0.39, 0.29) is 5.82 Å². The van der Waals surface area contributed by atoms with Gasteiger partial charge in [-0.2, -0.15) is 0 Å². The Morgan fingerprint density at radius 3 is 2.25 bits per heavy atom. The van der Waals surface area contributed by atoms with Crippen LogP contribution in [-0.4, -0.2) is 0 Å². The first-order chi connectivity index (χ1) is 11.5. The number of aryl methyl sites for hydroxylation is 3. The van der Waals surface area contributed by atoms with Gasteiger partial charge in [-0.1, -0.05) is 38.5 Å². The summed E-state index contributed by atoms with van der Waals surface area (Å²) < 4.78 is 42.4. The van der Waals surface area contributed by atoms with Crippen molar-refractivity contribution in [1.29, 1.82) is 0 Å². The van der Waals surface area contributed by atoms with E-state index in [1.165, 1.54) is 0 Å². The van der Waals surface area contributed by atoms with Crippen molar-refractivity contribution < 1.29 is 13.2 Å². The van der Waals surface area contributed by atoms with E-state index < -0.39 is 11.6 Å². The Balaban J connectivity index is 1.76. The molecule has 3 rings (SSSR count). The largest absolute Gasteiger partial charge is 0.207 e. The Labute approximate surface area is 141 Å². The van der Waals surface area contributed by atoms with Crippen LogP contribution in [0.4, 0.5) is 13.2 Å². The van der Waals surface area contributed by atoms with Crippen LogP contribution in [-0.2, 0) is 32.1 Å². The maximum absolute atomic E-state index is 14.2. The Morgan fingerprint density at radius 1 is 0.917 bits per heavy atom. The molecule has 0 fully saturated rings. The zero-order chi connectivity index (χ0) is 17.3. The normalized spacial score (nSPS) is 16.5. The highest BCUT2D eigenvalue weighted by molar-refractivity contribution is 5.38. The summed E-state index contributed by atoms with van der Waals surface area (Å²) in [6, 6.07) is 6.91. The fraction of sp³-hybridized carbons (Fsp3) is 0.429. The second-order valence-electron chi connectivity index (χ2n) is 6.99. The van der Waals surface area contributed by atoms with Crippen molar-refractivity contribution in [3.05, 3.63) is 69.5 Å². The Kier molecular flexibility index (Phi) is 4.98. The highest BCUT2D eigenvalue weighted by Gasteiger charge is 2.22. The minimum Gasteiger partial charge on any atom is -0.207 e. The molecule has 0 aliphatic heterocycles. The van der Waals surface area contributed by atoms with Gasteiger partial charge in [0.25, 0.3) is 0 Å². The lowest BCUT2D eigenvalue weighted by atomic mass is 9.98. The first-order valence-electron chi connectivity index (χ1n) is 8.75. The lowest BCUT2D eigenvalue weighted by Crippen LogP contribution is -2.02. The van der Waals surface area contributed by atoms with Crippen molar-refractivity contribution in [3.8, 4) is 0 Å². The van der Waals surface area contributed by atoms with Crippen LogP contribution in [0.5, 0.6) is 0 Å². The molecule has 0 saturated carbocycles. The average molecular weight is 332 g/mol. The van der Waals surface area contributed by atoms with Crippen molar-refractivity contribution in [2.45, 2.75) is 52.4 Å². The van der Waals surface area contributed by atoms with E-state index in [0.29, 0.717) is 36.3 Å².